The van der Waals surface area contributed by atoms with Crippen molar-refractivity contribution in [3.05, 3.63) is 47.8 Å². The molecule has 1 aromatic carbocycles. The molecule has 0 N–H and O–H groups in total. The fourth-order valence-electron chi connectivity index (χ4n) is 1.27. The Kier molecular flexibility index (Phi) is 3.49. The molecule has 2 heteroatoms. The van der Waals surface area contributed by atoms with Gasteiger partial charge in [0.2, 0.25) is 0 Å². The number of alkyl halides is 1. The highest BCUT2D eigenvalue weighted by Gasteiger charge is 2.07. The molecule has 13 heavy (non-hydrogen) atoms. The zero-order chi connectivity index (χ0) is 9.84. The second kappa shape index (κ2) is 4.43. The van der Waals surface area contributed by atoms with Crippen molar-refractivity contribution in [2.75, 3.05) is 5.88 Å². The van der Waals surface area contributed by atoms with Crippen LogP contribution in [-0.4, -0.2) is 5.88 Å². The molecule has 0 aliphatic rings. The number of hydrogen-bond donors (Lipinski definition) is 0. The van der Waals surface area contributed by atoms with Gasteiger partial charge in [-0.05, 0) is 30.2 Å². The lowest BCUT2D eigenvalue weighted by molar-refractivity contribution is 0.623. The van der Waals surface area contributed by atoms with Gasteiger partial charge in [-0.3, -0.25) is 0 Å². The van der Waals surface area contributed by atoms with Gasteiger partial charge in [-0.2, -0.15) is 0 Å². The SMILES string of the molecule is C=CC(CCl)c1cc(C)cc(F)c1. The highest BCUT2D eigenvalue weighted by Crippen LogP contribution is 2.20. The molecule has 0 fully saturated rings. The van der Waals surface area contributed by atoms with Crippen molar-refractivity contribution in [2.24, 2.45) is 0 Å². The van der Waals surface area contributed by atoms with Gasteiger partial charge in [-0.25, -0.2) is 4.39 Å². The maximum Gasteiger partial charge on any atom is 0.123 e. The third kappa shape index (κ3) is 2.56. The smallest absolute Gasteiger partial charge is 0.123 e. The molecule has 0 amide bonds. The number of rotatable bonds is 3. The van der Waals surface area contributed by atoms with Gasteiger partial charge in [0.25, 0.3) is 0 Å². The summed E-state index contributed by atoms with van der Waals surface area (Å²) < 4.78 is 13.0. The second-order valence-electron chi connectivity index (χ2n) is 3.06. The third-order valence-corrected chi connectivity index (χ3v) is 2.28. The van der Waals surface area contributed by atoms with Crippen molar-refractivity contribution < 1.29 is 4.39 Å². The average Bonchev–Trinajstić information content (AvgIpc) is 2.04. The van der Waals surface area contributed by atoms with Crippen molar-refractivity contribution in [3.8, 4) is 0 Å². The van der Waals surface area contributed by atoms with Gasteiger partial charge in [0.05, 0.1) is 0 Å². The Morgan fingerprint density at radius 1 is 1.54 bits per heavy atom. The third-order valence-electron chi connectivity index (χ3n) is 1.94. The molecule has 0 aliphatic heterocycles. The van der Waals surface area contributed by atoms with Crippen molar-refractivity contribution in [1.82, 2.24) is 0 Å². The summed E-state index contributed by atoms with van der Waals surface area (Å²) in [7, 11) is 0. The fraction of sp³-hybridized carbons (Fsp3) is 0.273. The molecule has 1 rings (SSSR count). The van der Waals surface area contributed by atoms with Crippen molar-refractivity contribution >= 4 is 11.6 Å². The van der Waals surface area contributed by atoms with Crippen LogP contribution in [0.1, 0.15) is 17.0 Å². The van der Waals surface area contributed by atoms with E-state index in [9.17, 15) is 4.39 Å². The van der Waals surface area contributed by atoms with E-state index in [0.717, 1.165) is 11.1 Å². The Bertz CT molecular complexity index is 287. The largest absolute Gasteiger partial charge is 0.207 e. The molecule has 0 radical (unpaired) electrons. The summed E-state index contributed by atoms with van der Waals surface area (Å²) in [6, 6.07) is 4.93. The van der Waals surface area contributed by atoms with Crippen LogP contribution in [0.2, 0.25) is 0 Å². The van der Waals surface area contributed by atoms with Crippen molar-refractivity contribution in [3.63, 3.8) is 0 Å². The molecule has 0 nitrogen and oxygen atoms in total. The lowest BCUT2D eigenvalue weighted by Crippen LogP contribution is -1.97. The second-order valence-corrected chi connectivity index (χ2v) is 3.37. The first-order valence-corrected chi connectivity index (χ1v) is 4.66. The topological polar surface area (TPSA) is 0 Å². The quantitative estimate of drug-likeness (QED) is 0.514. The molecular formula is C11H12ClF. The summed E-state index contributed by atoms with van der Waals surface area (Å²) in [6.45, 7) is 5.52. The zero-order valence-electron chi connectivity index (χ0n) is 7.56. The van der Waals surface area contributed by atoms with Crippen molar-refractivity contribution in [1.29, 1.82) is 0 Å². The minimum absolute atomic E-state index is 0.0380. The summed E-state index contributed by atoms with van der Waals surface area (Å²) in [5.41, 5.74) is 1.80. The standard InChI is InChI=1S/C11H12ClF/c1-3-9(7-12)10-4-8(2)5-11(13)6-10/h3-6,9H,1,7H2,2H3. The highest BCUT2D eigenvalue weighted by molar-refractivity contribution is 6.18. The van der Waals surface area contributed by atoms with Crippen LogP contribution in [0.3, 0.4) is 0 Å². The Morgan fingerprint density at radius 3 is 2.69 bits per heavy atom. The Morgan fingerprint density at radius 2 is 2.23 bits per heavy atom. The van der Waals surface area contributed by atoms with E-state index in [1.54, 1.807) is 6.08 Å². The molecule has 1 unspecified atom stereocenters. The van der Waals surface area contributed by atoms with Gasteiger partial charge >= 0.3 is 0 Å². The lowest BCUT2D eigenvalue weighted by Gasteiger charge is -2.09. The van der Waals surface area contributed by atoms with E-state index in [1.807, 2.05) is 13.0 Å². The van der Waals surface area contributed by atoms with Gasteiger partial charge in [0.15, 0.2) is 0 Å². The van der Waals surface area contributed by atoms with Gasteiger partial charge in [-0.1, -0.05) is 12.1 Å². The normalized spacial score (nSPS) is 12.5. The van der Waals surface area contributed by atoms with Crippen LogP contribution in [0.15, 0.2) is 30.9 Å². The molecule has 1 aromatic rings. The molecule has 0 spiro atoms. The van der Waals surface area contributed by atoms with Crippen LogP contribution in [0.5, 0.6) is 0 Å². The molecule has 1 atom stereocenters. The monoisotopic (exact) mass is 198 g/mol. The summed E-state index contributed by atoms with van der Waals surface area (Å²) in [5, 5.41) is 0. The Hall–Kier alpha value is -0.820. The minimum atomic E-state index is -0.216. The van der Waals surface area contributed by atoms with E-state index in [-0.39, 0.29) is 11.7 Å². The van der Waals surface area contributed by atoms with E-state index in [1.165, 1.54) is 12.1 Å². The maximum absolute atomic E-state index is 13.0. The number of allylic oxidation sites excluding steroid dienone is 1. The van der Waals surface area contributed by atoms with E-state index in [0.29, 0.717) is 5.88 Å². The summed E-state index contributed by atoms with van der Waals surface area (Å²) >= 11 is 5.71. The summed E-state index contributed by atoms with van der Waals surface area (Å²) in [6.07, 6.45) is 1.74. The van der Waals surface area contributed by atoms with E-state index >= 15 is 0 Å². The molecule has 0 heterocycles. The number of benzene rings is 1. The predicted octanol–water partition coefficient (Wildman–Crippen LogP) is 3.64. The summed E-state index contributed by atoms with van der Waals surface area (Å²) in [4.78, 5) is 0. The Balaban J connectivity index is 3.05. The molecule has 70 valence electrons. The van der Waals surface area contributed by atoms with Crippen molar-refractivity contribution in [2.45, 2.75) is 12.8 Å². The van der Waals surface area contributed by atoms with E-state index in [2.05, 4.69) is 6.58 Å². The zero-order valence-corrected chi connectivity index (χ0v) is 8.31. The van der Waals surface area contributed by atoms with Crippen LogP contribution in [0.4, 0.5) is 4.39 Å². The average molecular weight is 199 g/mol. The number of aryl methyl sites for hydroxylation is 1. The van der Waals surface area contributed by atoms with Crippen LogP contribution < -0.4 is 0 Å². The van der Waals surface area contributed by atoms with E-state index in [4.69, 9.17) is 11.6 Å². The fourth-order valence-corrected chi connectivity index (χ4v) is 1.57. The predicted molar refractivity (Wildman–Crippen MR) is 54.8 cm³/mol. The first kappa shape index (κ1) is 10.3. The molecular weight excluding hydrogens is 187 g/mol. The first-order chi connectivity index (χ1) is 6.17. The molecule has 0 aromatic heterocycles. The van der Waals surface area contributed by atoms with Gasteiger partial charge < -0.3 is 0 Å². The molecule has 0 saturated carbocycles. The van der Waals surface area contributed by atoms with Crippen LogP contribution in [0, 0.1) is 12.7 Å². The first-order valence-electron chi connectivity index (χ1n) is 4.13. The highest BCUT2D eigenvalue weighted by atomic mass is 35.5. The Labute approximate surface area is 83.0 Å². The van der Waals surface area contributed by atoms with E-state index < -0.39 is 0 Å². The van der Waals surface area contributed by atoms with Crippen LogP contribution >= 0.6 is 11.6 Å². The van der Waals surface area contributed by atoms with Gasteiger partial charge in [-0.15, -0.1) is 18.2 Å². The molecule has 0 aliphatic carbocycles. The van der Waals surface area contributed by atoms with Crippen LogP contribution in [-0.2, 0) is 0 Å². The minimum Gasteiger partial charge on any atom is -0.207 e. The van der Waals surface area contributed by atoms with Crippen LogP contribution in [0.25, 0.3) is 0 Å². The summed E-state index contributed by atoms with van der Waals surface area (Å²) in [5.74, 6) is 0.259. The molecule has 0 bridgehead atoms. The van der Waals surface area contributed by atoms with Gasteiger partial charge in [0, 0.05) is 11.8 Å². The lowest BCUT2D eigenvalue weighted by atomic mass is 9.99. The van der Waals surface area contributed by atoms with Gasteiger partial charge in [0.1, 0.15) is 5.82 Å². The molecule has 0 saturated heterocycles. The number of halogens is 2. The number of hydrogen-bond acceptors (Lipinski definition) is 0. The maximum atomic E-state index is 13.0.